The third kappa shape index (κ3) is 1.57. The summed E-state index contributed by atoms with van der Waals surface area (Å²) >= 11 is 3.76. The summed E-state index contributed by atoms with van der Waals surface area (Å²) in [4.78, 5) is 0.882. The van der Waals surface area contributed by atoms with Crippen molar-refractivity contribution in [3.05, 3.63) is 0 Å². The highest BCUT2D eigenvalue weighted by atomic mass is 79.9. The predicted molar refractivity (Wildman–Crippen MR) is 56.6 cm³/mol. The second kappa shape index (κ2) is 3.32. The van der Waals surface area contributed by atoms with Gasteiger partial charge in [0.2, 0.25) is 0 Å². The lowest BCUT2D eigenvalue weighted by molar-refractivity contribution is 0.247. The van der Waals surface area contributed by atoms with Crippen molar-refractivity contribution in [2.24, 2.45) is 11.3 Å². The molecule has 1 heteroatoms. The van der Waals surface area contributed by atoms with E-state index in [9.17, 15) is 0 Å². The zero-order valence-electron chi connectivity index (χ0n) is 7.98. The molecule has 0 nitrogen and oxygen atoms in total. The van der Waals surface area contributed by atoms with Crippen LogP contribution in [0.15, 0.2) is 0 Å². The average Bonchev–Trinajstić information content (AvgIpc) is 2.68. The summed E-state index contributed by atoms with van der Waals surface area (Å²) in [5.74, 6) is 1.07. The van der Waals surface area contributed by atoms with Crippen LogP contribution in [0.1, 0.15) is 51.9 Å². The Morgan fingerprint density at radius 3 is 2.33 bits per heavy atom. The Morgan fingerprint density at radius 1 is 1.33 bits per heavy atom. The minimum Gasteiger partial charge on any atom is -0.0884 e. The van der Waals surface area contributed by atoms with E-state index in [1.807, 2.05) is 0 Å². The first-order valence-electron chi connectivity index (χ1n) is 5.41. The molecule has 1 atom stereocenters. The number of hydrogen-bond acceptors (Lipinski definition) is 0. The predicted octanol–water partition coefficient (Wildman–Crippen LogP) is 4.13. The van der Waals surface area contributed by atoms with E-state index >= 15 is 0 Å². The minimum absolute atomic E-state index is 0.782. The Balaban J connectivity index is 1.78. The lowest BCUT2D eigenvalue weighted by Gasteiger charge is -2.28. The summed E-state index contributed by atoms with van der Waals surface area (Å²) in [6.45, 7) is 2.31. The van der Waals surface area contributed by atoms with Crippen molar-refractivity contribution in [2.75, 3.05) is 0 Å². The van der Waals surface area contributed by atoms with Crippen LogP contribution in [0.5, 0.6) is 0 Å². The number of rotatable bonds is 2. The van der Waals surface area contributed by atoms with Crippen LogP contribution in [0, 0.1) is 11.3 Å². The van der Waals surface area contributed by atoms with E-state index in [4.69, 9.17) is 0 Å². The SMILES string of the molecule is CCCC1CCC2(CC1)CC2Br. The zero-order valence-corrected chi connectivity index (χ0v) is 9.57. The van der Waals surface area contributed by atoms with Gasteiger partial charge in [0, 0.05) is 4.83 Å². The molecule has 0 aromatic carbocycles. The summed E-state index contributed by atoms with van der Waals surface area (Å²) in [5.41, 5.74) is 0.782. The molecule has 1 spiro atoms. The summed E-state index contributed by atoms with van der Waals surface area (Å²) in [6.07, 6.45) is 10.4. The maximum atomic E-state index is 3.76. The summed E-state index contributed by atoms with van der Waals surface area (Å²) < 4.78 is 0. The minimum atomic E-state index is 0.782. The Bertz CT molecular complexity index is 156. The molecular formula is C11H19Br. The molecule has 2 saturated carbocycles. The fourth-order valence-corrected chi connectivity index (χ4v) is 3.87. The van der Waals surface area contributed by atoms with Crippen LogP contribution in [0.25, 0.3) is 0 Å². The van der Waals surface area contributed by atoms with Crippen LogP contribution >= 0.6 is 15.9 Å². The van der Waals surface area contributed by atoms with Gasteiger partial charge in [0.15, 0.2) is 0 Å². The largest absolute Gasteiger partial charge is 0.0884 e. The van der Waals surface area contributed by atoms with Crippen LogP contribution < -0.4 is 0 Å². The highest BCUT2D eigenvalue weighted by molar-refractivity contribution is 9.09. The molecule has 0 aromatic rings. The molecule has 12 heavy (non-hydrogen) atoms. The van der Waals surface area contributed by atoms with Crippen molar-refractivity contribution in [2.45, 2.75) is 56.7 Å². The van der Waals surface area contributed by atoms with Crippen molar-refractivity contribution in [3.8, 4) is 0 Å². The van der Waals surface area contributed by atoms with Crippen molar-refractivity contribution in [3.63, 3.8) is 0 Å². The van der Waals surface area contributed by atoms with Gasteiger partial charge in [0.1, 0.15) is 0 Å². The highest BCUT2D eigenvalue weighted by Gasteiger charge is 2.53. The third-order valence-electron chi connectivity index (χ3n) is 3.89. The smallest absolute Gasteiger partial charge is 0.0208 e. The van der Waals surface area contributed by atoms with E-state index in [1.54, 1.807) is 0 Å². The molecule has 0 amide bonds. The van der Waals surface area contributed by atoms with Crippen LogP contribution in [-0.2, 0) is 0 Å². The fourth-order valence-electron chi connectivity index (χ4n) is 2.76. The molecule has 2 aliphatic rings. The standard InChI is InChI=1S/C11H19Br/c1-2-3-9-4-6-11(7-5-9)8-10(11)12/h9-10H,2-8H2,1H3. The number of hydrogen-bond donors (Lipinski definition) is 0. The first-order valence-corrected chi connectivity index (χ1v) is 6.32. The first kappa shape index (κ1) is 9.05. The van der Waals surface area contributed by atoms with E-state index in [0.29, 0.717) is 0 Å². The summed E-state index contributed by atoms with van der Waals surface area (Å²) in [6, 6.07) is 0. The van der Waals surface area contributed by atoms with Gasteiger partial charge in [-0.05, 0) is 43.4 Å². The molecule has 2 aliphatic carbocycles. The number of alkyl halides is 1. The van der Waals surface area contributed by atoms with Gasteiger partial charge in [-0.2, -0.15) is 0 Å². The summed E-state index contributed by atoms with van der Waals surface area (Å²) in [5, 5.41) is 0. The van der Waals surface area contributed by atoms with E-state index < -0.39 is 0 Å². The van der Waals surface area contributed by atoms with Crippen molar-refractivity contribution in [1.82, 2.24) is 0 Å². The van der Waals surface area contributed by atoms with Crippen molar-refractivity contribution >= 4 is 15.9 Å². The molecule has 0 aromatic heterocycles. The molecule has 2 rings (SSSR count). The quantitative estimate of drug-likeness (QED) is 0.627. The molecule has 0 saturated heterocycles. The van der Waals surface area contributed by atoms with Gasteiger partial charge >= 0.3 is 0 Å². The highest BCUT2D eigenvalue weighted by Crippen LogP contribution is 2.61. The molecule has 2 fully saturated rings. The van der Waals surface area contributed by atoms with Crippen LogP contribution in [0.3, 0.4) is 0 Å². The third-order valence-corrected chi connectivity index (χ3v) is 5.18. The normalized spacial score (nSPS) is 46.5. The Hall–Kier alpha value is 0.480. The Labute approximate surface area is 84.2 Å². The second-order valence-corrected chi connectivity index (χ2v) is 5.87. The van der Waals surface area contributed by atoms with Crippen molar-refractivity contribution < 1.29 is 0 Å². The van der Waals surface area contributed by atoms with Crippen LogP contribution in [0.4, 0.5) is 0 Å². The van der Waals surface area contributed by atoms with E-state index in [-0.39, 0.29) is 0 Å². The van der Waals surface area contributed by atoms with Crippen molar-refractivity contribution in [1.29, 1.82) is 0 Å². The Morgan fingerprint density at radius 2 is 1.92 bits per heavy atom. The molecule has 0 radical (unpaired) electrons. The maximum absolute atomic E-state index is 3.76. The fraction of sp³-hybridized carbons (Fsp3) is 1.00. The van der Waals surface area contributed by atoms with Gasteiger partial charge in [-0.25, -0.2) is 0 Å². The number of halogens is 1. The maximum Gasteiger partial charge on any atom is 0.0208 e. The average molecular weight is 231 g/mol. The zero-order chi connectivity index (χ0) is 8.60. The first-order chi connectivity index (χ1) is 5.77. The molecule has 1 unspecified atom stereocenters. The van der Waals surface area contributed by atoms with E-state index in [0.717, 1.165) is 16.2 Å². The molecule has 0 bridgehead atoms. The van der Waals surface area contributed by atoms with E-state index in [2.05, 4.69) is 22.9 Å². The lowest BCUT2D eigenvalue weighted by Crippen LogP contribution is -2.16. The Kier molecular flexibility index (Phi) is 2.51. The van der Waals surface area contributed by atoms with E-state index in [1.165, 1.54) is 44.9 Å². The van der Waals surface area contributed by atoms with Gasteiger partial charge < -0.3 is 0 Å². The molecule has 0 N–H and O–H groups in total. The monoisotopic (exact) mass is 230 g/mol. The van der Waals surface area contributed by atoms with Gasteiger partial charge in [-0.3, -0.25) is 0 Å². The summed E-state index contributed by atoms with van der Waals surface area (Å²) in [7, 11) is 0. The van der Waals surface area contributed by atoms with Gasteiger partial charge in [0.05, 0.1) is 0 Å². The second-order valence-electron chi connectivity index (χ2n) is 4.77. The molecule has 0 aliphatic heterocycles. The van der Waals surface area contributed by atoms with Gasteiger partial charge in [0.25, 0.3) is 0 Å². The topological polar surface area (TPSA) is 0 Å². The molecular weight excluding hydrogens is 212 g/mol. The van der Waals surface area contributed by atoms with Crippen LogP contribution in [-0.4, -0.2) is 4.83 Å². The van der Waals surface area contributed by atoms with Crippen LogP contribution in [0.2, 0.25) is 0 Å². The molecule has 70 valence electrons. The molecule has 0 heterocycles. The van der Waals surface area contributed by atoms with Gasteiger partial charge in [-0.15, -0.1) is 0 Å². The van der Waals surface area contributed by atoms with Gasteiger partial charge in [-0.1, -0.05) is 35.7 Å². The lowest BCUT2D eigenvalue weighted by atomic mass is 9.78.